The molecule has 2 fully saturated rings. The fourth-order valence-corrected chi connectivity index (χ4v) is 3.41. The van der Waals surface area contributed by atoms with E-state index < -0.39 is 36.2 Å². The smallest absolute Gasteiger partial charge is 0.321 e. The van der Waals surface area contributed by atoms with Gasteiger partial charge in [-0.1, -0.05) is 18.5 Å². The van der Waals surface area contributed by atoms with Crippen molar-refractivity contribution in [3.63, 3.8) is 0 Å². The zero-order chi connectivity index (χ0) is 18.6. The molecule has 1 unspecified atom stereocenters. The van der Waals surface area contributed by atoms with E-state index in [1.807, 2.05) is 0 Å². The molecule has 2 aromatic rings. The van der Waals surface area contributed by atoms with Crippen LogP contribution in [0.4, 0.5) is 19.3 Å². The lowest BCUT2D eigenvalue weighted by atomic mass is 10.0. The van der Waals surface area contributed by atoms with Gasteiger partial charge in [0.1, 0.15) is 0 Å². The predicted molar refractivity (Wildman–Crippen MR) is 88.6 cm³/mol. The van der Waals surface area contributed by atoms with E-state index >= 15 is 0 Å². The van der Waals surface area contributed by atoms with E-state index in [1.165, 1.54) is 22.5 Å². The summed E-state index contributed by atoms with van der Waals surface area (Å²) in [5, 5.41) is 9.21. The lowest BCUT2D eigenvalue weighted by Crippen LogP contribution is -2.51. The van der Waals surface area contributed by atoms with Crippen molar-refractivity contribution in [2.45, 2.75) is 18.8 Å². The normalized spacial score (nSPS) is 25.5. The van der Waals surface area contributed by atoms with Gasteiger partial charge in [0, 0.05) is 19.0 Å². The van der Waals surface area contributed by atoms with Crippen molar-refractivity contribution in [2.24, 2.45) is 5.92 Å². The van der Waals surface area contributed by atoms with Crippen LogP contribution in [0.2, 0.25) is 5.15 Å². The molecule has 0 bridgehead atoms. The summed E-state index contributed by atoms with van der Waals surface area (Å²) in [5.41, 5.74) is 1.08. The van der Waals surface area contributed by atoms with Gasteiger partial charge < -0.3 is 10.2 Å². The summed E-state index contributed by atoms with van der Waals surface area (Å²) < 4.78 is 29.4. The number of rotatable bonds is 2. The van der Waals surface area contributed by atoms with Gasteiger partial charge in [-0.2, -0.15) is 9.61 Å². The summed E-state index contributed by atoms with van der Waals surface area (Å²) >= 11 is 6.11. The number of fused-ring (bicyclic) bond motifs is 1. The van der Waals surface area contributed by atoms with Crippen molar-refractivity contribution in [3.05, 3.63) is 23.1 Å². The number of halogens is 3. The molecular weight excluding hydrogens is 370 g/mol. The molecule has 2 saturated heterocycles. The molecule has 8 nitrogen and oxygen atoms in total. The molecule has 138 valence electrons. The number of carbonyl (C=O) groups is 2. The second-order valence-corrected chi connectivity index (χ2v) is 6.95. The average Bonchev–Trinajstić information content (AvgIpc) is 3.07. The molecule has 0 aliphatic carbocycles. The zero-order valence-corrected chi connectivity index (χ0v) is 14.4. The van der Waals surface area contributed by atoms with Gasteiger partial charge in [-0.25, -0.2) is 18.6 Å². The summed E-state index contributed by atoms with van der Waals surface area (Å²) in [5.74, 6) is -4.91. The first-order valence-electron chi connectivity index (χ1n) is 8.02. The van der Waals surface area contributed by atoms with E-state index in [-0.39, 0.29) is 18.2 Å². The van der Waals surface area contributed by atoms with E-state index in [4.69, 9.17) is 11.6 Å². The third kappa shape index (κ3) is 2.64. The molecule has 11 heteroatoms. The molecule has 2 aromatic heterocycles. The first-order chi connectivity index (χ1) is 12.3. The number of hydrogen-bond donors (Lipinski definition) is 2. The van der Waals surface area contributed by atoms with Crippen LogP contribution >= 0.6 is 11.6 Å². The molecule has 0 spiro atoms. The Morgan fingerprint density at radius 2 is 2.15 bits per heavy atom. The number of carbonyl (C=O) groups excluding carboxylic acids is 2. The standard InChI is InChI=1S/C15H15ClF2N6O2/c1-7-5-23(6-15(7,17)18)10-2-9(8-3-20-14(26)21-13(8)25)22-24-11(16)4-19-12(10)24/h2,4,7-8H,3,5-6H2,1H3,(H2,20,21,25,26)/t7-,8?/m1/s1. The average molecular weight is 385 g/mol. The fraction of sp³-hybridized carbons (Fsp3) is 0.467. The number of alkyl halides is 2. The molecule has 0 radical (unpaired) electrons. The minimum atomic E-state index is -2.83. The van der Waals surface area contributed by atoms with Gasteiger partial charge >= 0.3 is 6.03 Å². The summed E-state index contributed by atoms with van der Waals surface area (Å²) in [6, 6.07) is 0.982. The summed E-state index contributed by atoms with van der Waals surface area (Å²) in [4.78, 5) is 29.1. The van der Waals surface area contributed by atoms with Crippen LogP contribution < -0.4 is 15.5 Å². The summed E-state index contributed by atoms with van der Waals surface area (Å²) in [6.45, 7) is 1.24. The maximum absolute atomic E-state index is 14.0. The molecule has 26 heavy (non-hydrogen) atoms. The highest BCUT2D eigenvalue weighted by Crippen LogP contribution is 2.37. The predicted octanol–water partition coefficient (Wildman–Crippen LogP) is 1.40. The highest BCUT2D eigenvalue weighted by atomic mass is 35.5. The minimum absolute atomic E-state index is 0.0570. The molecular formula is C15H15ClF2N6O2. The van der Waals surface area contributed by atoms with Gasteiger partial charge in [0.05, 0.1) is 30.0 Å². The van der Waals surface area contributed by atoms with E-state index in [1.54, 1.807) is 6.07 Å². The maximum Gasteiger partial charge on any atom is 0.321 e. The van der Waals surface area contributed by atoms with Crippen molar-refractivity contribution in [1.29, 1.82) is 0 Å². The molecule has 2 aliphatic heterocycles. The van der Waals surface area contributed by atoms with Crippen molar-refractivity contribution < 1.29 is 18.4 Å². The second-order valence-electron chi connectivity index (χ2n) is 6.57. The maximum atomic E-state index is 14.0. The van der Waals surface area contributed by atoms with Crippen LogP contribution in [0.25, 0.3) is 5.65 Å². The highest BCUT2D eigenvalue weighted by molar-refractivity contribution is 6.29. The number of anilines is 1. The molecule has 0 aromatic carbocycles. The van der Waals surface area contributed by atoms with Crippen LogP contribution in [0, 0.1) is 5.92 Å². The van der Waals surface area contributed by atoms with E-state index in [2.05, 4.69) is 20.7 Å². The van der Waals surface area contributed by atoms with Crippen LogP contribution in [0.3, 0.4) is 0 Å². The minimum Gasteiger partial charge on any atom is -0.362 e. The lowest BCUT2D eigenvalue weighted by molar-refractivity contribution is -0.122. The van der Waals surface area contributed by atoms with E-state index in [0.29, 0.717) is 17.0 Å². The Bertz CT molecular complexity index is 917. The van der Waals surface area contributed by atoms with Gasteiger partial charge in [-0.05, 0) is 6.07 Å². The number of amides is 3. The molecule has 4 heterocycles. The van der Waals surface area contributed by atoms with Gasteiger partial charge in [0.2, 0.25) is 5.91 Å². The topological polar surface area (TPSA) is 91.6 Å². The molecule has 2 N–H and O–H groups in total. The third-order valence-electron chi connectivity index (χ3n) is 4.76. The Labute approximate surface area is 151 Å². The Morgan fingerprint density at radius 3 is 2.81 bits per heavy atom. The van der Waals surface area contributed by atoms with Gasteiger partial charge in [0.15, 0.2) is 10.8 Å². The third-order valence-corrected chi connectivity index (χ3v) is 5.02. The first kappa shape index (κ1) is 17.0. The fourth-order valence-electron chi connectivity index (χ4n) is 3.24. The van der Waals surface area contributed by atoms with Gasteiger partial charge in [0.25, 0.3) is 5.92 Å². The number of aromatic nitrogens is 3. The van der Waals surface area contributed by atoms with Crippen molar-refractivity contribution in [2.75, 3.05) is 24.5 Å². The summed E-state index contributed by atoms with van der Waals surface area (Å²) in [7, 11) is 0. The second kappa shape index (κ2) is 5.76. The molecule has 3 amide bonds. The summed E-state index contributed by atoms with van der Waals surface area (Å²) in [6.07, 6.45) is 1.37. The number of urea groups is 1. The Kier molecular flexibility index (Phi) is 3.76. The number of nitrogens with one attached hydrogen (secondary N) is 2. The van der Waals surface area contributed by atoms with Crippen molar-refractivity contribution >= 4 is 34.9 Å². The molecule has 0 saturated carbocycles. The van der Waals surface area contributed by atoms with Crippen LogP contribution in [-0.4, -0.2) is 52.1 Å². The largest absolute Gasteiger partial charge is 0.362 e. The Morgan fingerprint density at radius 1 is 1.38 bits per heavy atom. The zero-order valence-electron chi connectivity index (χ0n) is 13.7. The number of nitrogens with zero attached hydrogens (tertiary/aromatic N) is 4. The monoisotopic (exact) mass is 384 g/mol. The molecule has 2 atom stereocenters. The first-order valence-corrected chi connectivity index (χ1v) is 8.39. The van der Waals surface area contributed by atoms with Crippen LogP contribution in [0.1, 0.15) is 18.5 Å². The van der Waals surface area contributed by atoms with Crippen LogP contribution in [-0.2, 0) is 4.79 Å². The lowest BCUT2D eigenvalue weighted by Gasteiger charge is -2.24. The van der Waals surface area contributed by atoms with Gasteiger partial charge in [-0.15, -0.1) is 0 Å². The SMILES string of the molecule is C[C@@H]1CN(c2cc(C3CNC(=O)NC3=O)nn3c(Cl)cnc23)CC1(F)F. The number of imidazole rings is 1. The number of hydrogen-bond acceptors (Lipinski definition) is 5. The number of imide groups is 1. The highest BCUT2D eigenvalue weighted by Gasteiger charge is 2.46. The quantitative estimate of drug-likeness (QED) is 0.816. The van der Waals surface area contributed by atoms with Crippen molar-refractivity contribution in [3.8, 4) is 0 Å². The Hall–Kier alpha value is -2.49. The van der Waals surface area contributed by atoms with Crippen LogP contribution in [0.15, 0.2) is 12.3 Å². The Balaban J connectivity index is 1.80. The molecule has 4 rings (SSSR count). The van der Waals surface area contributed by atoms with Crippen molar-refractivity contribution in [1.82, 2.24) is 25.2 Å². The van der Waals surface area contributed by atoms with Gasteiger partial charge in [-0.3, -0.25) is 10.1 Å². The van der Waals surface area contributed by atoms with Crippen LogP contribution in [0.5, 0.6) is 0 Å². The van der Waals surface area contributed by atoms with E-state index in [9.17, 15) is 18.4 Å². The van der Waals surface area contributed by atoms with E-state index in [0.717, 1.165) is 0 Å². The molecule has 2 aliphatic rings.